The van der Waals surface area contributed by atoms with Crippen LogP contribution < -0.4 is 0 Å². The standard InChI is InChI=1S/C15H19NO3/c17-13-8-2-6-11(14(13)18)15(19)16-9-3-5-10-4-1-7-12(10)16/h2,6,8,10,12,17-18H,1,3-5,7,9H2. The Hall–Kier alpha value is -1.71. The second-order valence-corrected chi connectivity index (χ2v) is 5.57. The van der Waals surface area contributed by atoms with E-state index >= 15 is 0 Å². The van der Waals surface area contributed by atoms with Crippen molar-refractivity contribution < 1.29 is 15.0 Å². The van der Waals surface area contributed by atoms with Gasteiger partial charge in [-0.25, -0.2) is 0 Å². The Morgan fingerprint density at radius 1 is 1.16 bits per heavy atom. The van der Waals surface area contributed by atoms with Gasteiger partial charge < -0.3 is 15.1 Å². The van der Waals surface area contributed by atoms with Crippen molar-refractivity contribution in [2.45, 2.75) is 38.1 Å². The summed E-state index contributed by atoms with van der Waals surface area (Å²) in [6.07, 6.45) is 5.70. The van der Waals surface area contributed by atoms with Crippen LogP contribution in [0.1, 0.15) is 42.5 Å². The van der Waals surface area contributed by atoms with Crippen molar-refractivity contribution >= 4 is 5.91 Å². The molecule has 4 nitrogen and oxygen atoms in total. The summed E-state index contributed by atoms with van der Waals surface area (Å²) in [6.45, 7) is 0.759. The highest BCUT2D eigenvalue weighted by Gasteiger charge is 2.38. The predicted molar refractivity (Wildman–Crippen MR) is 71.2 cm³/mol. The second-order valence-electron chi connectivity index (χ2n) is 5.57. The molecule has 2 unspecified atom stereocenters. The SMILES string of the molecule is O=C(c1cccc(O)c1O)N1CCCC2CCCC21. The van der Waals surface area contributed by atoms with E-state index in [4.69, 9.17) is 0 Å². The summed E-state index contributed by atoms with van der Waals surface area (Å²) in [7, 11) is 0. The number of aromatic hydroxyl groups is 2. The molecule has 1 saturated carbocycles. The van der Waals surface area contributed by atoms with Crippen molar-refractivity contribution in [2.75, 3.05) is 6.54 Å². The minimum absolute atomic E-state index is 0.148. The number of nitrogens with zero attached hydrogens (tertiary/aromatic N) is 1. The highest BCUT2D eigenvalue weighted by atomic mass is 16.3. The van der Waals surface area contributed by atoms with Crippen LogP contribution in [-0.4, -0.2) is 33.6 Å². The lowest BCUT2D eigenvalue weighted by Gasteiger charge is -2.38. The summed E-state index contributed by atoms with van der Waals surface area (Å²) in [5.74, 6) is -0.0550. The third kappa shape index (κ3) is 2.05. The minimum atomic E-state index is -0.298. The summed E-state index contributed by atoms with van der Waals surface area (Å²) < 4.78 is 0. The number of benzene rings is 1. The number of amides is 1. The molecule has 2 fully saturated rings. The Morgan fingerprint density at radius 3 is 2.79 bits per heavy atom. The lowest BCUT2D eigenvalue weighted by atomic mass is 9.91. The molecule has 1 amide bonds. The average molecular weight is 261 g/mol. The molecule has 1 aliphatic heterocycles. The van der Waals surface area contributed by atoms with Crippen LogP contribution >= 0.6 is 0 Å². The van der Waals surface area contributed by atoms with Crippen LogP contribution in [0.15, 0.2) is 18.2 Å². The third-order valence-electron chi connectivity index (χ3n) is 4.50. The van der Waals surface area contributed by atoms with Crippen molar-refractivity contribution in [1.82, 2.24) is 4.90 Å². The van der Waals surface area contributed by atoms with E-state index in [0.717, 1.165) is 19.4 Å². The molecule has 102 valence electrons. The van der Waals surface area contributed by atoms with E-state index in [1.54, 1.807) is 12.1 Å². The molecule has 0 bridgehead atoms. The summed E-state index contributed by atoms with van der Waals surface area (Å²) in [5.41, 5.74) is 0.215. The number of carbonyl (C=O) groups is 1. The molecule has 1 aliphatic carbocycles. The predicted octanol–water partition coefficient (Wildman–Crippen LogP) is 2.50. The van der Waals surface area contributed by atoms with Gasteiger partial charge >= 0.3 is 0 Å². The maximum atomic E-state index is 12.6. The van der Waals surface area contributed by atoms with E-state index in [1.807, 2.05) is 4.90 Å². The number of piperidine rings is 1. The topological polar surface area (TPSA) is 60.8 Å². The lowest BCUT2D eigenvalue weighted by Crippen LogP contribution is -2.46. The molecule has 19 heavy (non-hydrogen) atoms. The molecule has 0 radical (unpaired) electrons. The molecule has 1 aromatic carbocycles. The van der Waals surface area contributed by atoms with E-state index in [0.29, 0.717) is 12.0 Å². The molecule has 2 N–H and O–H groups in total. The maximum absolute atomic E-state index is 12.6. The smallest absolute Gasteiger partial charge is 0.258 e. The highest BCUT2D eigenvalue weighted by molar-refractivity contribution is 5.97. The molecule has 2 aliphatic rings. The lowest BCUT2D eigenvalue weighted by molar-refractivity contribution is 0.0545. The zero-order chi connectivity index (χ0) is 13.4. The van der Waals surface area contributed by atoms with Gasteiger partial charge in [0, 0.05) is 12.6 Å². The number of likely N-dealkylation sites (tertiary alicyclic amines) is 1. The molecule has 3 rings (SSSR count). The number of phenolic OH excluding ortho intramolecular Hbond substituents is 2. The number of phenols is 2. The van der Waals surface area contributed by atoms with Crippen LogP contribution in [0.3, 0.4) is 0 Å². The first-order chi connectivity index (χ1) is 9.18. The fourth-order valence-electron chi connectivity index (χ4n) is 3.56. The Labute approximate surface area is 112 Å². The monoisotopic (exact) mass is 261 g/mol. The summed E-state index contributed by atoms with van der Waals surface area (Å²) >= 11 is 0. The van der Waals surface area contributed by atoms with Gasteiger partial charge in [-0.05, 0) is 43.7 Å². The second kappa shape index (κ2) is 4.76. The molecule has 0 aromatic heterocycles. The molecule has 1 heterocycles. The quantitative estimate of drug-likeness (QED) is 0.764. The molecule has 1 aromatic rings. The Kier molecular flexibility index (Phi) is 3.09. The van der Waals surface area contributed by atoms with Crippen LogP contribution in [0.2, 0.25) is 0 Å². The van der Waals surface area contributed by atoms with Crippen LogP contribution in [-0.2, 0) is 0 Å². The first kappa shape index (κ1) is 12.3. The first-order valence-corrected chi connectivity index (χ1v) is 7.00. The molecular weight excluding hydrogens is 242 g/mol. The van der Waals surface area contributed by atoms with E-state index in [-0.39, 0.29) is 23.0 Å². The van der Waals surface area contributed by atoms with Crippen molar-refractivity contribution in [3.63, 3.8) is 0 Å². The third-order valence-corrected chi connectivity index (χ3v) is 4.50. The molecule has 1 saturated heterocycles. The van der Waals surface area contributed by atoms with Crippen LogP contribution in [0, 0.1) is 5.92 Å². The van der Waals surface area contributed by atoms with Gasteiger partial charge in [-0.1, -0.05) is 12.5 Å². The number of para-hydroxylation sites is 1. The number of hydrogen-bond donors (Lipinski definition) is 2. The average Bonchev–Trinajstić information content (AvgIpc) is 2.89. The van der Waals surface area contributed by atoms with Crippen LogP contribution in [0.4, 0.5) is 0 Å². The molecule has 2 atom stereocenters. The number of carbonyl (C=O) groups excluding carboxylic acids is 1. The van der Waals surface area contributed by atoms with E-state index in [1.165, 1.54) is 25.3 Å². The fraction of sp³-hybridized carbons (Fsp3) is 0.533. The first-order valence-electron chi connectivity index (χ1n) is 7.00. The van der Waals surface area contributed by atoms with Gasteiger partial charge in [0.1, 0.15) is 0 Å². The van der Waals surface area contributed by atoms with Gasteiger partial charge in [-0.3, -0.25) is 4.79 Å². The minimum Gasteiger partial charge on any atom is -0.504 e. The molecule has 0 spiro atoms. The van der Waals surface area contributed by atoms with Gasteiger partial charge in [-0.15, -0.1) is 0 Å². The number of hydrogen-bond acceptors (Lipinski definition) is 3. The van der Waals surface area contributed by atoms with Crippen LogP contribution in [0.5, 0.6) is 11.5 Å². The number of rotatable bonds is 1. The summed E-state index contributed by atoms with van der Waals surface area (Å²) in [5, 5.41) is 19.4. The number of fused-ring (bicyclic) bond motifs is 1. The van der Waals surface area contributed by atoms with E-state index < -0.39 is 0 Å². The zero-order valence-corrected chi connectivity index (χ0v) is 10.9. The van der Waals surface area contributed by atoms with Gasteiger partial charge in [0.15, 0.2) is 11.5 Å². The van der Waals surface area contributed by atoms with Gasteiger partial charge in [0.05, 0.1) is 5.56 Å². The summed E-state index contributed by atoms with van der Waals surface area (Å²) in [6, 6.07) is 4.89. The maximum Gasteiger partial charge on any atom is 0.258 e. The Balaban J connectivity index is 1.88. The largest absolute Gasteiger partial charge is 0.504 e. The highest BCUT2D eigenvalue weighted by Crippen LogP contribution is 2.38. The summed E-state index contributed by atoms with van der Waals surface area (Å²) in [4.78, 5) is 14.5. The normalized spacial score (nSPS) is 26.2. The van der Waals surface area contributed by atoms with E-state index in [2.05, 4.69) is 0 Å². The van der Waals surface area contributed by atoms with Crippen LogP contribution in [0.25, 0.3) is 0 Å². The Morgan fingerprint density at radius 2 is 1.95 bits per heavy atom. The zero-order valence-electron chi connectivity index (χ0n) is 10.9. The van der Waals surface area contributed by atoms with Crippen molar-refractivity contribution in [2.24, 2.45) is 5.92 Å². The fourth-order valence-corrected chi connectivity index (χ4v) is 3.56. The van der Waals surface area contributed by atoms with Gasteiger partial charge in [-0.2, -0.15) is 0 Å². The Bertz CT molecular complexity index is 500. The molecular formula is C15H19NO3. The van der Waals surface area contributed by atoms with Crippen molar-refractivity contribution in [1.29, 1.82) is 0 Å². The van der Waals surface area contributed by atoms with Crippen molar-refractivity contribution in [3.8, 4) is 11.5 Å². The van der Waals surface area contributed by atoms with Gasteiger partial charge in [0.2, 0.25) is 0 Å². The van der Waals surface area contributed by atoms with Crippen molar-refractivity contribution in [3.05, 3.63) is 23.8 Å². The molecule has 4 heteroatoms. The van der Waals surface area contributed by atoms with E-state index in [9.17, 15) is 15.0 Å². The van der Waals surface area contributed by atoms with Gasteiger partial charge in [0.25, 0.3) is 5.91 Å².